The van der Waals surface area contributed by atoms with Crippen LogP contribution in [0.5, 0.6) is 0 Å². The molecule has 1 aliphatic rings. The van der Waals surface area contributed by atoms with Crippen LogP contribution in [0.1, 0.15) is 21.7 Å². The van der Waals surface area contributed by atoms with E-state index in [2.05, 4.69) is 15.2 Å². The number of hydrogen-bond acceptors (Lipinski definition) is 3. The molecule has 0 saturated carbocycles. The molecule has 2 heterocycles. The van der Waals surface area contributed by atoms with Crippen molar-refractivity contribution >= 4 is 5.97 Å². The van der Waals surface area contributed by atoms with Gasteiger partial charge in [0.1, 0.15) is 0 Å². The lowest BCUT2D eigenvalue weighted by Gasteiger charge is -2.14. The van der Waals surface area contributed by atoms with E-state index in [1.165, 1.54) is 0 Å². The predicted octanol–water partition coefficient (Wildman–Crippen LogP) is 1.27. The number of carbonyl (C=O) groups is 1. The summed E-state index contributed by atoms with van der Waals surface area (Å²) in [6.45, 7) is 0. The van der Waals surface area contributed by atoms with Crippen molar-refractivity contribution in [2.24, 2.45) is 0 Å². The number of carboxylic acids is 1. The highest BCUT2D eigenvalue weighted by atomic mass is 16.4. The lowest BCUT2D eigenvalue weighted by molar-refractivity contribution is 0.0691. The summed E-state index contributed by atoms with van der Waals surface area (Å²) in [6, 6.07) is 3.84. The molecule has 0 aliphatic heterocycles. The molecule has 0 saturated heterocycles. The van der Waals surface area contributed by atoms with E-state index in [0.29, 0.717) is 5.56 Å². The first-order valence-corrected chi connectivity index (χ1v) is 5.02. The average Bonchev–Trinajstić information content (AvgIpc) is 2.73. The second-order valence-corrected chi connectivity index (χ2v) is 3.74. The van der Waals surface area contributed by atoms with Crippen LogP contribution in [-0.2, 0) is 12.8 Å². The molecule has 2 aromatic heterocycles. The third-order valence-electron chi connectivity index (χ3n) is 2.82. The molecular weight excluding hydrogens is 206 g/mol. The number of nitrogens with zero attached hydrogens (tertiary/aromatic N) is 2. The standard InChI is InChI=1S/C11H9N3O2/c15-11(16)10-8-7(13-14-10)4-3-6-2-1-5-12-9(6)8/h1-2,5H,3-4H2,(H,13,14)(H,15,16). The summed E-state index contributed by atoms with van der Waals surface area (Å²) < 4.78 is 0. The van der Waals surface area contributed by atoms with Crippen molar-refractivity contribution < 1.29 is 9.90 Å². The topological polar surface area (TPSA) is 78.9 Å². The minimum atomic E-state index is -1.02. The van der Waals surface area contributed by atoms with Crippen LogP contribution in [0.4, 0.5) is 0 Å². The van der Waals surface area contributed by atoms with Crippen LogP contribution in [0, 0.1) is 0 Å². The monoisotopic (exact) mass is 215 g/mol. The maximum Gasteiger partial charge on any atom is 0.357 e. The normalized spacial score (nSPS) is 13.0. The molecule has 1 aliphatic carbocycles. The van der Waals surface area contributed by atoms with Crippen LogP contribution >= 0.6 is 0 Å². The molecule has 5 nitrogen and oxygen atoms in total. The first-order valence-electron chi connectivity index (χ1n) is 5.02. The van der Waals surface area contributed by atoms with E-state index in [1.54, 1.807) is 6.20 Å². The number of aromatic amines is 1. The molecule has 0 bridgehead atoms. The quantitative estimate of drug-likeness (QED) is 0.750. The van der Waals surface area contributed by atoms with E-state index in [4.69, 9.17) is 5.11 Å². The highest BCUT2D eigenvalue weighted by molar-refractivity contribution is 5.95. The Morgan fingerprint density at radius 1 is 1.44 bits per heavy atom. The third-order valence-corrected chi connectivity index (χ3v) is 2.82. The van der Waals surface area contributed by atoms with Crippen molar-refractivity contribution in [1.82, 2.24) is 15.2 Å². The number of H-pyrrole nitrogens is 1. The zero-order chi connectivity index (χ0) is 11.1. The Kier molecular flexibility index (Phi) is 1.80. The highest BCUT2D eigenvalue weighted by Gasteiger charge is 2.26. The van der Waals surface area contributed by atoms with Gasteiger partial charge >= 0.3 is 5.97 Å². The summed E-state index contributed by atoms with van der Waals surface area (Å²) >= 11 is 0. The van der Waals surface area contributed by atoms with E-state index >= 15 is 0 Å². The van der Waals surface area contributed by atoms with E-state index in [1.807, 2.05) is 12.1 Å². The number of aromatic nitrogens is 3. The molecule has 0 atom stereocenters. The molecule has 0 unspecified atom stereocenters. The Hall–Kier alpha value is -2.17. The van der Waals surface area contributed by atoms with Crippen LogP contribution in [-0.4, -0.2) is 26.3 Å². The molecule has 0 aromatic carbocycles. The predicted molar refractivity (Wildman–Crippen MR) is 56.2 cm³/mol. The van der Waals surface area contributed by atoms with Gasteiger partial charge in [-0.3, -0.25) is 10.1 Å². The molecular formula is C11H9N3O2. The number of hydrogen-bond donors (Lipinski definition) is 2. The fourth-order valence-electron chi connectivity index (χ4n) is 2.09. The van der Waals surface area contributed by atoms with Gasteiger partial charge in [-0.15, -0.1) is 0 Å². The largest absolute Gasteiger partial charge is 0.476 e. The van der Waals surface area contributed by atoms with Gasteiger partial charge in [0.25, 0.3) is 0 Å². The van der Waals surface area contributed by atoms with Gasteiger partial charge in [-0.05, 0) is 24.5 Å². The molecule has 0 amide bonds. The van der Waals surface area contributed by atoms with Crippen molar-refractivity contribution in [3.63, 3.8) is 0 Å². The van der Waals surface area contributed by atoms with E-state index < -0.39 is 5.97 Å². The molecule has 80 valence electrons. The Balaban J connectivity index is 2.29. The van der Waals surface area contributed by atoms with Crippen molar-refractivity contribution in [2.45, 2.75) is 12.8 Å². The van der Waals surface area contributed by atoms with Gasteiger partial charge in [0, 0.05) is 11.9 Å². The molecule has 5 heteroatoms. The Morgan fingerprint density at radius 3 is 3.12 bits per heavy atom. The number of nitrogens with one attached hydrogen (secondary N) is 1. The van der Waals surface area contributed by atoms with E-state index in [9.17, 15) is 4.79 Å². The number of carboxylic acid groups (broad SMARTS) is 1. The molecule has 2 aromatic rings. The van der Waals surface area contributed by atoms with Gasteiger partial charge in [-0.1, -0.05) is 6.07 Å². The Morgan fingerprint density at radius 2 is 2.31 bits per heavy atom. The lowest BCUT2D eigenvalue weighted by Crippen LogP contribution is -2.07. The summed E-state index contributed by atoms with van der Waals surface area (Å²) in [5, 5.41) is 15.7. The summed E-state index contributed by atoms with van der Waals surface area (Å²) in [5.74, 6) is -1.02. The number of aryl methyl sites for hydroxylation is 2. The smallest absolute Gasteiger partial charge is 0.357 e. The second kappa shape index (κ2) is 3.16. The van der Waals surface area contributed by atoms with Gasteiger partial charge < -0.3 is 5.11 Å². The fourth-order valence-corrected chi connectivity index (χ4v) is 2.09. The second-order valence-electron chi connectivity index (χ2n) is 3.74. The van der Waals surface area contributed by atoms with Gasteiger partial charge in [-0.25, -0.2) is 4.79 Å². The molecule has 2 N–H and O–H groups in total. The first kappa shape index (κ1) is 9.08. The summed E-state index contributed by atoms with van der Waals surface area (Å²) in [7, 11) is 0. The SMILES string of the molecule is O=C(O)c1n[nH]c2c1-c1ncccc1CC2. The summed E-state index contributed by atoms with van der Waals surface area (Å²) in [4.78, 5) is 15.3. The van der Waals surface area contributed by atoms with Crippen LogP contribution in [0.25, 0.3) is 11.3 Å². The van der Waals surface area contributed by atoms with Crippen LogP contribution in [0.3, 0.4) is 0 Å². The van der Waals surface area contributed by atoms with Crippen molar-refractivity contribution in [3.05, 3.63) is 35.3 Å². The number of fused-ring (bicyclic) bond motifs is 3. The molecule has 0 radical (unpaired) electrons. The van der Waals surface area contributed by atoms with Gasteiger partial charge in [0.15, 0.2) is 5.69 Å². The number of rotatable bonds is 1. The lowest BCUT2D eigenvalue weighted by atomic mass is 9.92. The van der Waals surface area contributed by atoms with Crippen LogP contribution in [0.2, 0.25) is 0 Å². The van der Waals surface area contributed by atoms with Gasteiger partial charge in [0.2, 0.25) is 0 Å². The van der Waals surface area contributed by atoms with E-state index in [0.717, 1.165) is 29.8 Å². The minimum Gasteiger partial charge on any atom is -0.476 e. The first-order chi connectivity index (χ1) is 7.77. The average molecular weight is 215 g/mol. The van der Waals surface area contributed by atoms with Gasteiger partial charge in [0.05, 0.1) is 11.3 Å². The Bertz CT molecular complexity index is 574. The highest BCUT2D eigenvalue weighted by Crippen LogP contribution is 2.32. The molecule has 0 fully saturated rings. The fraction of sp³-hybridized carbons (Fsp3) is 0.182. The Labute approximate surface area is 91.2 Å². The van der Waals surface area contributed by atoms with E-state index in [-0.39, 0.29) is 5.69 Å². The summed E-state index contributed by atoms with van der Waals surface area (Å²) in [6.07, 6.45) is 3.33. The minimum absolute atomic E-state index is 0.0645. The van der Waals surface area contributed by atoms with Crippen LogP contribution < -0.4 is 0 Å². The molecule has 16 heavy (non-hydrogen) atoms. The van der Waals surface area contributed by atoms with Crippen molar-refractivity contribution in [2.75, 3.05) is 0 Å². The number of aromatic carboxylic acids is 1. The number of pyridine rings is 1. The van der Waals surface area contributed by atoms with Crippen molar-refractivity contribution in [1.29, 1.82) is 0 Å². The summed E-state index contributed by atoms with van der Waals surface area (Å²) in [5.41, 5.74) is 3.40. The maximum absolute atomic E-state index is 11.0. The van der Waals surface area contributed by atoms with Crippen molar-refractivity contribution in [3.8, 4) is 11.3 Å². The third kappa shape index (κ3) is 1.14. The van der Waals surface area contributed by atoms with Crippen LogP contribution in [0.15, 0.2) is 18.3 Å². The molecule has 0 spiro atoms. The zero-order valence-corrected chi connectivity index (χ0v) is 8.40. The molecule has 3 rings (SSSR count). The zero-order valence-electron chi connectivity index (χ0n) is 8.40. The van der Waals surface area contributed by atoms with Gasteiger partial charge in [-0.2, -0.15) is 5.10 Å². The maximum atomic E-state index is 11.0.